The highest BCUT2D eigenvalue weighted by molar-refractivity contribution is 6.30. The van der Waals surface area contributed by atoms with Crippen molar-refractivity contribution in [1.29, 1.82) is 0 Å². The molecule has 1 aliphatic rings. The summed E-state index contributed by atoms with van der Waals surface area (Å²) in [5, 5.41) is 4.05. The van der Waals surface area contributed by atoms with Crippen LogP contribution in [0.4, 0.5) is 4.39 Å². The minimum absolute atomic E-state index is 0.271. The van der Waals surface area contributed by atoms with Crippen molar-refractivity contribution in [1.82, 2.24) is 5.32 Å². The van der Waals surface area contributed by atoms with Gasteiger partial charge in [0.05, 0.1) is 0 Å². The quantitative estimate of drug-likeness (QED) is 0.854. The summed E-state index contributed by atoms with van der Waals surface area (Å²) in [6.45, 7) is 2.45. The molecule has 0 bridgehead atoms. The highest BCUT2D eigenvalue weighted by atomic mass is 35.5. The molecule has 0 spiro atoms. The van der Waals surface area contributed by atoms with E-state index < -0.39 is 0 Å². The Kier molecular flexibility index (Phi) is 4.13. The molecular formula is C17H17ClFNO. The maximum atomic E-state index is 13.6. The molecule has 0 radical (unpaired) electrons. The normalized spacial score (nSPS) is 14.2. The maximum absolute atomic E-state index is 13.6. The summed E-state index contributed by atoms with van der Waals surface area (Å²) in [6.07, 6.45) is 2.46. The predicted molar refractivity (Wildman–Crippen MR) is 82.5 cm³/mol. The van der Waals surface area contributed by atoms with E-state index in [1.54, 1.807) is 25.1 Å². The number of halogens is 2. The lowest BCUT2D eigenvalue weighted by Crippen LogP contribution is -2.15. The largest absolute Gasteiger partial charge is 0.457 e. The van der Waals surface area contributed by atoms with Crippen LogP contribution in [0.15, 0.2) is 36.4 Å². The zero-order valence-corrected chi connectivity index (χ0v) is 12.6. The fourth-order valence-corrected chi connectivity index (χ4v) is 2.24. The average Bonchev–Trinajstić information content (AvgIpc) is 3.26. The van der Waals surface area contributed by atoms with Crippen molar-refractivity contribution in [2.45, 2.75) is 32.4 Å². The van der Waals surface area contributed by atoms with Gasteiger partial charge in [-0.1, -0.05) is 23.7 Å². The Morgan fingerprint density at radius 3 is 2.76 bits per heavy atom. The topological polar surface area (TPSA) is 21.3 Å². The Morgan fingerprint density at radius 1 is 1.24 bits per heavy atom. The van der Waals surface area contributed by atoms with Gasteiger partial charge in [0.1, 0.15) is 17.3 Å². The van der Waals surface area contributed by atoms with E-state index in [0.717, 1.165) is 12.1 Å². The lowest BCUT2D eigenvalue weighted by atomic mass is 10.2. The summed E-state index contributed by atoms with van der Waals surface area (Å²) >= 11 is 6.04. The van der Waals surface area contributed by atoms with E-state index in [0.29, 0.717) is 28.1 Å². The van der Waals surface area contributed by atoms with E-state index in [4.69, 9.17) is 16.3 Å². The lowest BCUT2D eigenvalue weighted by Gasteiger charge is -2.13. The molecule has 0 saturated heterocycles. The van der Waals surface area contributed by atoms with Crippen LogP contribution in [0.25, 0.3) is 0 Å². The van der Waals surface area contributed by atoms with Gasteiger partial charge < -0.3 is 10.1 Å². The molecule has 0 atom stereocenters. The Balaban J connectivity index is 1.81. The summed E-state index contributed by atoms with van der Waals surface area (Å²) < 4.78 is 19.4. The van der Waals surface area contributed by atoms with Crippen molar-refractivity contribution >= 4 is 11.6 Å². The summed E-state index contributed by atoms with van der Waals surface area (Å²) in [6, 6.07) is 11.0. The number of aryl methyl sites for hydroxylation is 1. The molecular weight excluding hydrogens is 289 g/mol. The second-order valence-electron chi connectivity index (χ2n) is 5.42. The first-order valence-electron chi connectivity index (χ1n) is 7.07. The van der Waals surface area contributed by atoms with E-state index in [9.17, 15) is 4.39 Å². The lowest BCUT2D eigenvalue weighted by molar-refractivity contribution is 0.467. The molecule has 0 unspecified atom stereocenters. The zero-order chi connectivity index (χ0) is 14.8. The number of nitrogens with one attached hydrogen (secondary N) is 1. The fraction of sp³-hybridized carbons (Fsp3) is 0.294. The third kappa shape index (κ3) is 3.74. The summed E-state index contributed by atoms with van der Waals surface area (Å²) in [5.74, 6) is 0.874. The van der Waals surface area contributed by atoms with Crippen LogP contribution in [0.5, 0.6) is 11.5 Å². The summed E-state index contributed by atoms with van der Waals surface area (Å²) in [7, 11) is 0. The van der Waals surface area contributed by atoms with Gasteiger partial charge in [-0.25, -0.2) is 4.39 Å². The molecule has 4 heteroatoms. The van der Waals surface area contributed by atoms with Crippen LogP contribution in [0.2, 0.25) is 5.02 Å². The second kappa shape index (κ2) is 6.04. The number of hydrogen-bond donors (Lipinski definition) is 1. The molecule has 110 valence electrons. The van der Waals surface area contributed by atoms with Gasteiger partial charge in [-0.15, -0.1) is 0 Å². The zero-order valence-electron chi connectivity index (χ0n) is 11.8. The van der Waals surface area contributed by atoms with Crippen LogP contribution in [0, 0.1) is 12.7 Å². The Labute approximate surface area is 128 Å². The Hall–Kier alpha value is -1.58. The van der Waals surface area contributed by atoms with E-state index in [1.807, 2.05) is 12.1 Å². The van der Waals surface area contributed by atoms with Crippen LogP contribution in [-0.4, -0.2) is 6.04 Å². The molecule has 2 nitrogen and oxygen atoms in total. The highest BCUT2D eigenvalue weighted by Gasteiger charge is 2.20. The third-order valence-corrected chi connectivity index (χ3v) is 3.79. The van der Waals surface area contributed by atoms with E-state index in [-0.39, 0.29) is 5.82 Å². The summed E-state index contributed by atoms with van der Waals surface area (Å²) in [5.41, 5.74) is 1.62. The van der Waals surface area contributed by atoms with Crippen molar-refractivity contribution in [3.8, 4) is 11.5 Å². The van der Waals surface area contributed by atoms with Crippen molar-refractivity contribution in [3.63, 3.8) is 0 Å². The molecule has 0 aromatic heterocycles. The smallest absolute Gasteiger partial charge is 0.133 e. The standard InChI is InChI=1S/C17H17ClFNO/c1-11-2-7-15(9-16(11)19)21-17-8-13(18)4-3-12(17)10-20-14-5-6-14/h2-4,7-9,14,20H,5-6,10H2,1H3. The fourth-order valence-electron chi connectivity index (χ4n) is 2.08. The van der Waals surface area contributed by atoms with Crippen LogP contribution in [0.3, 0.4) is 0 Å². The Morgan fingerprint density at radius 2 is 2.05 bits per heavy atom. The first-order valence-corrected chi connectivity index (χ1v) is 7.45. The van der Waals surface area contributed by atoms with E-state index >= 15 is 0 Å². The van der Waals surface area contributed by atoms with Gasteiger partial charge in [0, 0.05) is 29.2 Å². The SMILES string of the molecule is Cc1ccc(Oc2cc(Cl)ccc2CNC2CC2)cc1F. The molecule has 1 aliphatic carbocycles. The Bertz CT molecular complexity index is 655. The van der Waals surface area contributed by atoms with Gasteiger partial charge in [-0.05, 0) is 43.5 Å². The van der Waals surface area contributed by atoms with Gasteiger partial charge in [0.15, 0.2) is 0 Å². The molecule has 2 aromatic rings. The van der Waals surface area contributed by atoms with Crippen LogP contribution in [0.1, 0.15) is 24.0 Å². The van der Waals surface area contributed by atoms with Crippen molar-refractivity contribution < 1.29 is 9.13 Å². The minimum atomic E-state index is -0.271. The van der Waals surface area contributed by atoms with Crippen molar-refractivity contribution in [3.05, 3.63) is 58.4 Å². The monoisotopic (exact) mass is 305 g/mol. The van der Waals surface area contributed by atoms with Gasteiger partial charge in [-0.2, -0.15) is 0 Å². The molecule has 0 amide bonds. The van der Waals surface area contributed by atoms with E-state index in [1.165, 1.54) is 18.9 Å². The van der Waals surface area contributed by atoms with Gasteiger partial charge in [-0.3, -0.25) is 0 Å². The predicted octanol–water partition coefficient (Wildman–Crippen LogP) is 4.83. The third-order valence-electron chi connectivity index (χ3n) is 3.56. The first-order chi connectivity index (χ1) is 10.1. The molecule has 0 aliphatic heterocycles. The average molecular weight is 306 g/mol. The molecule has 0 heterocycles. The maximum Gasteiger partial charge on any atom is 0.133 e. The molecule has 21 heavy (non-hydrogen) atoms. The molecule has 1 N–H and O–H groups in total. The molecule has 1 fully saturated rings. The highest BCUT2D eigenvalue weighted by Crippen LogP contribution is 2.30. The van der Waals surface area contributed by atoms with Crippen LogP contribution >= 0.6 is 11.6 Å². The van der Waals surface area contributed by atoms with Crippen molar-refractivity contribution in [2.75, 3.05) is 0 Å². The molecule has 1 saturated carbocycles. The molecule has 2 aromatic carbocycles. The van der Waals surface area contributed by atoms with Crippen LogP contribution in [-0.2, 0) is 6.54 Å². The number of ether oxygens (including phenoxy) is 1. The number of benzene rings is 2. The number of rotatable bonds is 5. The molecule has 3 rings (SSSR count). The second-order valence-corrected chi connectivity index (χ2v) is 5.86. The van der Waals surface area contributed by atoms with Gasteiger partial charge in [0.25, 0.3) is 0 Å². The van der Waals surface area contributed by atoms with E-state index in [2.05, 4.69) is 5.32 Å². The van der Waals surface area contributed by atoms with Gasteiger partial charge >= 0.3 is 0 Å². The number of hydrogen-bond acceptors (Lipinski definition) is 2. The summed E-state index contributed by atoms with van der Waals surface area (Å²) in [4.78, 5) is 0. The van der Waals surface area contributed by atoms with Gasteiger partial charge in [0.2, 0.25) is 0 Å². The minimum Gasteiger partial charge on any atom is -0.457 e. The van der Waals surface area contributed by atoms with Crippen molar-refractivity contribution in [2.24, 2.45) is 0 Å². The first kappa shape index (κ1) is 14.4. The van der Waals surface area contributed by atoms with Crippen LogP contribution < -0.4 is 10.1 Å².